The minimum atomic E-state index is -1.47. The highest BCUT2D eigenvalue weighted by Crippen LogP contribution is 2.25. The number of halogens is 2. The van der Waals surface area contributed by atoms with Crippen molar-refractivity contribution < 1.29 is 19.4 Å². The van der Waals surface area contributed by atoms with Gasteiger partial charge < -0.3 is 14.8 Å². The Bertz CT molecular complexity index is 797. The van der Waals surface area contributed by atoms with Gasteiger partial charge >= 0.3 is 11.9 Å². The van der Waals surface area contributed by atoms with Crippen molar-refractivity contribution in [3.63, 3.8) is 0 Å². The molecule has 0 aliphatic carbocycles. The first kappa shape index (κ1) is 14.4. The van der Waals surface area contributed by atoms with E-state index in [1.807, 2.05) is 0 Å². The maximum Gasteiger partial charge on any atom is 0.353 e. The van der Waals surface area contributed by atoms with Crippen LogP contribution in [0.3, 0.4) is 0 Å². The van der Waals surface area contributed by atoms with Gasteiger partial charge in [0.15, 0.2) is 0 Å². The van der Waals surface area contributed by atoms with Crippen LogP contribution >= 0.6 is 23.2 Å². The number of ether oxygens (including phenoxy) is 1. The number of aromatic nitrogens is 1. The first-order chi connectivity index (χ1) is 9.36. The van der Waals surface area contributed by atoms with Crippen LogP contribution in [0.25, 0.3) is 10.9 Å². The fourth-order valence-corrected chi connectivity index (χ4v) is 2.38. The molecule has 0 fully saturated rings. The normalized spacial score (nSPS) is 10.6. The molecular formula is C12H7Cl2NO5. The molecule has 0 saturated heterocycles. The van der Waals surface area contributed by atoms with Crippen molar-refractivity contribution in [1.82, 2.24) is 4.98 Å². The quantitative estimate of drug-likeness (QED) is 0.829. The molecule has 8 heteroatoms. The molecule has 0 aliphatic heterocycles. The van der Waals surface area contributed by atoms with Crippen molar-refractivity contribution in [3.8, 4) is 0 Å². The Morgan fingerprint density at radius 3 is 2.50 bits per heavy atom. The number of pyridine rings is 1. The third kappa shape index (κ3) is 2.23. The second kappa shape index (κ2) is 5.15. The predicted molar refractivity (Wildman–Crippen MR) is 72.9 cm³/mol. The molecule has 104 valence electrons. The highest BCUT2D eigenvalue weighted by molar-refractivity contribution is 6.38. The highest BCUT2D eigenvalue weighted by Gasteiger charge is 2.25. The van der Waals surface area contributed by atoms with Gasteiger partial charge in [-0.25, -0.2) is 9.59 Å². The molecule has 0 spiro atoms. The Labute approximate surface area is 121 Å². The lowest BCUT2D eigenvalue weighted by molar-refractivity contribution is 0.0579. The van der Waals surface area contributed by atoms with Gasteiger partial charge in [0.05, 0.1) is 23.0 Å². The second-order valence-corrected chi connectivity index (χ2v) is 4.65. The average molecular weight is 316 g/mol. The molecule has 1 heterocycles. The molecule has 2 rings (SSSR count). The first-order valence-electron chi connectivity index (χ1n) is 5.23. The number of carboxylic acid groups (broad SMARTS) is 1. The third-order valence-corrected chi connectivity index (χ3v) is 3.14. The summed E-state index contributed by atoms with van der Waals surface area (Å²) >= 11 is 11.7. The van der Waals surface area contributed by atoms with E-state index in [9.17, 15) is 14.4 Å². The lowest BCUT2D eigenvalue weighted by atomic mass is 10.1. The van der Waals surface area contributed by atoms with Gasteiger partial charge in [0.25, 0.3) is 0 Å². The van der Waals surface area contributed by atoms with E-state index in [-0.39, 0.29) is 20.9 Å². The van der Waals surface area contributed by atoms with E-state index >= 15 is 0 Å². The van der Waals surface area contributed by atoms with Crippen molar-refractivity contribution >= 4 is 46.0 Å². The molecule has 0 aliphatic rings. The number of carbonyl (C=O) groups excluding carboxylic acids is 1. The zero-order chi connectivity index (χ0) is 15.0. The molecule has 1 aromatic heterocycles. The number of fused-ring (bicyclic) bond motifs is 1. The van der Waals surface area contributed by atoms with Crippen molar-refractivity contribution in [2.45, 2.75) is 0 Å². The third-order valence-electron chi connectivity index (χ3n) is 2.62. The van der Waals surface area contributed by atoms with Crippen molar-refractivity contribution in [1.29, 1.82) is 0 Å². The van der Waals surface area contributed by atoms with Crippen LogP contribution in [0, 0.1) is 0 Å². The molecule has 0 atom stereocenters. The van der Waals surface area contributed by atoms with Crippen LogP contribution in [0.5, 0.6) is 0 Å². The minimum absolute atomic E-state index is 0.0100. The van der Waals surface area contributed by atoms with Crippen molar-refractivity contribution in [3.05, 3.63) is 43.7 Å². The fourth-order valence-electron chi connectivity index (χ4n) is 1.80. The first-order valence-corrected chi connectivity index (χ1v) is 5.99. The molecule has 0 amide bonds. The number of hydrogen-bond donors (Lipinski definition) is 2. The van der Waals surface area contributed by atoms with Gasteiger partial charge in [-0.1, -0.05) is 23.2 Å². The van der Waals surface area contributed by atoms with Gasteiger partial charge in [-0.2, -0.15) is 0 Å². The summed E-state index contributed by atoms with van der Waals surface area (Å²) < 4.78 is 4.43. The van der Waals surface area contributed by atoms with E-state index in [4.69, 9.17) is 28.3 Å². The van der Waals surface area contributed by atoms with Crippen molar-refractivity contribution in [2.75, 3.05) is 7.11 Å². The monoisotopic (exact) mass is 315 g/mol. The average Bonchev–Trinajstić information content (AvgIpc) is 2.36. The molecule has 0 saturated carbocycles. The number of nitrogens with one attached hydrogen (secondary N) is 1. The number of methoxy groups -OCH3 is 1. The number of aromatic amines is 1. The Morgan fingerprint density at radius 2 is 1.95 bits per heavy atom. The van der Waals surface area contributed by atoms with Gasteiger partial charge in [0.2, 0.25) is 5.43 Å². The van der Waals surface area contributed by atoms with Crippen molar-refractivity contribution in [2.24, 2.45) is 0 Å². The number of rotatable bonds is 2. The maximum absolute atomic E-state index is 12.3. The Kier molecular flexibility index (Phi) is 3.69. The number of benzene rings is 1. The molecule has 20 heavy (non-hydrogen) atoms. The van der Waals surface area contributed by atoms with Gasteiger partial charge in [0.1, 0.15) is 11.3 Å². The van der Waals surface area contributed by atoms with Crippen LogP contribution in [0.15, 0.2) is 16.9 Å². The van der Waals surface area contributed by atoms with E-state index < -0.39 is 28.6 Å². The van der Waals surface area contributed by atoms with Crippen LogP contribution in [-0.4, -0.2) is 29.1 Å². The maximum atomic E-state index is 12.3. The summed E-state index contributed by atoms with van der Waals surface area (Å²) in [5, 5.41) is 9.29. The number of carbonyl (C=O) groups is 2. The van der Waals surface area contributed by atoms with E-state index in [0.29, 0.717) is 0 Å². The molecule has 2 aromatic rings. The van der Waals surface area contributed by atoms with Crippen LogP contribution in [0.1, 0.15) is 20.8 Å². The zero-order valence-corrected chi connectivity index (χ0v) is 11.5. The van der Waals surface area contributed by atoms with Crippen LogP contribution in [0.4, 0.5) is 0 Å². The van der Waals surface area contributed by atoms with Gasteiger partial charge in [0, 0.05) is 5.02 Å². The molecular weight excluding hydrogens is 309 g/mol. The Balaban J connectivity index is 3.01. The highest BCUT2D eigenvalue weighted by atomic mass is 35.5. The Morgan fingerprint density at radius 1 is 1.30 bits per heavy atom. The zero-order valence-electron chi connectivity index (χ0n) is 9.99. The molecule has 2 N–H and O–H groups in total. The molecule has 0 radical (unpaired) electrons. The standard InChI is InChI=1S/C12H7Cl2NO5/c1-20-12(19)8-9(11(17)18)15-6-3-4(13)2-5(14)7(6)10(8)16/h2-3H,1H3,(H,15,16)(H,17,18). The van der Waals surface area contributed by atoms with Crippen LogP contribution in [-0.2, 0) is 4.74 Å². The summed E-state index contributed by atoms with van der Waals surface area (Å²) in [6.45, 7) is 0. The van der Waals surface area contributed by atoms with E-state index in [1.165, 1.54) is 12.1 Å². The largest absolute Gasteiger partial charge is 0.477 e. The lowest BCUT2D eigenvalue weighted by Gasteiger charge is -2.08. The predicted octanol–water partition coefficient (Wildman–Crippen LogP) is 2.32. The number of hydrogen-bond acceptors (Lipinski definition) is 4. The van der Waals surface area contributed by atoms with Crippen LogP contribution < -0.4 is 5.43 Å². The molecule has 0 bridgehead atoms. The number of H-pyrrole nitrogens is 1. The summed E-state index contributed by atoms with van der Waals surface area (Å²) in [4.78, 5) is 37.5. The van der Waals surface area contributed by atoms with E-state index in [2.05, 4.69) is 9.72 Å². The summed E-state index contributed by atoms with van der Waals surface area (Å²) in [7, 11) is 1.04. The Hall–Kier alpha value is -2.05. The minimum Gasteiger partial charge on any atom is -0.477 e. The summed E-state index contributed by atoms with van der Waals surface area (Å²) in [5.74, 6) is -2.53. The van der Waals surface area contributed by atoms with E-state index in [0.717, 1.165) is 7.11 Å². The van der Waals surface area contributed by atoms with Gasteiger partial charge in [-0.15, -0.1) is 0 Å². The molecule has 6 nitrogen and oxygen atoms in total. The SMILES string of the molecule is COC(=O)c1c(C(=O)O)[nH]c2cc(Cl)cc(Cl)c2c1=O. The molecule has 1 aromatic carbocycles. The number of esters is 1. The van der Waals surface area contributed by atoms with Crippen LogP contribution in [0.2, 0.25) is 10.0 Å². The lowest BCUT2D eigenvalue weighted by Crippen LogP contribution is -2.23. The summed E-state index contributed by atoms with van der Waals surface area (Å²) in [5.41, 5.74) is -1.90. The second-order valence-electron chi connectivity index (χ2n) is 3.81. The molecule has 0 unspecified atom stereocenters. The summed E-state index contributed by atoms with van der Waals surface area (Å²) in [6, 6.07) is 2.67. The topological polar surface area (TPSA) is 96.5 Å². The van der Waals surface area contributed by atoms with Gasteiger partial charge in [-0.05, 0) is 12.1 Å². The summed E-state index contributed by atoms with van der Waals surface area (Å²) in [6.07, 6.45) is 0. The van der Waals surface area contributed by atoms with Gasteiger partial charge in [-0.3, -0.25) is 4.79 Å². The van der Waals surface area contributed by atoms with E-state index in [1.54, 1.807) is 0 Å². The number of carboxylic acids is 1. The number of aromatic carboxylic acids is 1. The smallest absolute Gasteiger partial charge is 0.353 e. The fraction of sp³-hybridized carbons (Fsp3) is 0.0833.